The molecule has 0 amide bonds. The van der Waals surface area contributed by atoms with E-state index < -0.39 is 11.9 Å². The Morgan fingerprint density at radius 3 is 2.41 bits per heavy atom. The number of pyridine rings is 1. The minimum atomic E-state index is -0.671. The van der Waals surface area contributed by atoms with Gasteiger partial charge in [0, 0.05) is 0 Å². The first-order valence-electron chi connectivity index (χ1n) is 5.19. The molecule has 0 unspecified atom stereocenters. The van der Waals surface area contributed by atoms with Crippen LogP contribution in [-0.2, 0) is 9.47 Å². The van der Waals surface area contributed by atoms with Crippen LogP contribution in [-0.4, -0.2) is 30.1 Å². The van der Waals surface area contributed by atoms with E-state index in [1.165, 1.54) is 12.3 Å². The van der Waals surface area contributed by atoms with Crippen LogP contribution in [0.4, 0.5) is 5.69 Å². The molecule has 1 heterocycles. The van der Waals surface area contributed by atoms with Crippen LogP contribution >= 0.6 is 0 Å². The molecule has 6 nitrogen and oxygen atoms in total. The zero-order valence-electron chi connectivity index (χ0n) is 9.73. The van der Waals surface area contributed by atoms with Crippen molar-refractivity contribution in [3.05, 3.63) is 23.5 Å². The Morgan fingerprint density at radius 1 is 1.24 bits per heavy atom. The van der Waals surface area contributed by atoms with Gasteiger partial charge < -0.3 is 15.2 Å². The van der Waals surface area contributed by atoms with Gasteiger partial charge >= 0.3 is 11.9 Å². The third kappa shape index (κ3) is 3.17. The summed E-state index contributed by atoms with van der Waals surface area (Å²) >= 11 is 0. The van der Waals surface area contributed by atoms with Gasteiger partial charge in [0.25, 0.3) is 0 Å². The standard InChI is InChI=1S/C11H14N2O4/c1-3-16-10(14)8-5-7(12)6-13-9(8)11(15)17-4-2/h5-6H,3-4,12H2,1-2H3. The SMILES string of the molecule is CCOC(=O)c1cc(N)cnc1C(=O)OCC. The van der Waals surface area contributed by atoms with Gasteiger partial charge in [-0.3, -0.25) is 0 Å². The summed E-state index contributed by atoms with van der Waals surface area (Å²) in [6.45, 7) is 3.74. The summed E-state index contributed by atoms with van der Waals surface area (Å²) in [5.41, 5.74) is 5.73. The summed E-state index contributed by atoms with van der Waals surface area (Å²) in [6.07, 6.45) is 1.29. The molecule has 1 aromatic rings. The number of hydrogen-bond donors (Lipinski definition) is 1. The van der Waals surface area contributed by atoms with Crippen LogP contribution in [0.5, 0.6) is 0 Å². The Morgan fingerprint density at radius 2 is 1.82 bits per heavy atom. The van der Waals surface area contributed by atoms with Crippen LogP contribution in [0, 0.1) is 0 Å². The fourth-order valence-corrected chi connectivity index (χ4v) is 1.21. The fourth-order valence-electron chi connectivity index (χ4n) is 1.21. The lowest BCUT2D eigenvalue weighted by molar-refractivity contribution is 0.0473. The predicted octanol–water partition coefficient (Wildman–Crippen LogP) is 1.02. The highest BCUT2D eigenvalue weighted by molar-refractivity contribution is 6.02. The van der Waals surface area contributed by atoms with Crippen LogP contribution < -0.4 is 5.73 Å². The second-order valence-electron chi connectivity index (χ2n) is 3.11. The van der Waals surface area contributed by atoms with Gasteiger partial charge in [0.05, 0.1) is 30.7 Å². The van der Waals surface area contributed by atoms with Crippen molar-refractivity contribution < 1.29 is 19.1 Å². The van der Waals surface area contributed by atoms with Gasteiger partial charge in [-0.1, -0.05) is 0 Å². The van der Waals surface area contributed by atoms with Crippen LogP contribution in [0.25, 0.3) is 0 Å². The quantitative estimate of drug-likeness (QED) is 0.787. The van der Waals surface area contributed by atoms with Gasteiger partial charge in [-0.15, -0.1) is 0 Å². The van der Waals surface area contributed by atoms with E-state index in [-0.39, 0.29) is 30.2 Å². The van der Waals surface area contributed by atoms with Crippen LogP contribution in [0.1, 0.15) is 34.7 Å². The van der Waals surface area contributed by atoms with Crippen molar-refractivity contribution in [1.82, 2.24) is 4.98 Å². The Bertz CT molecular complexity index is 431. The second-order valence-corrected chi connectivity index (χ2v) is 3.11. The van der Waals surface area contributed by atoms with Crippen molar-refractivity contribution in [2.24, 2.45) is 0 Å². The molecular weight excluding hydrogens is 224 g/mol. The molecule has 0 aliphatic heterocycles. The topological polar surface area (TPSA) is 91.5 Å². The number of nitrogens with zero attached hydrogens (tertiary/aromatic N) is 1. The number of rotatable bonds is 4. The number of esters is 2. The van der Waals surface area contributed by atoms with E-state index in [1.807, 2.05) is 0 Å². The Labute approximate surface area is 98.7 Å². The molecule has 0 aromatic carbocycles. The van der Waals surface area contributed by atoms with Gasteiger partial charge in [-0.2, -0.15) is 0 Å². The predicted molar refractivity (Wildman–Crippen MR) is 60.6 cm³/mol. The van der Waals surface area contributed by atoms with E-state index in [0.29, 0.717) is 0 Å². The number of nitrogen functional groups attached to an aromatic ring is 1. The van der Waals surface area contributed by atoms with Crippen molar-refractivity contribution in [1.29, 1.82) is 0 Å². The summed E-state index contributed by atoms with van der Waals surface area (Å²) in [5.74, 6) is -1.31. The lowest BCUT2D eigenvalue weighted by Gasteiger charge is -2.07. The van der Waals surface area contributed by atoms with Gasteiger partial charge in [-0.05, 0) is 19.9 Å². The van der Waals surface area contributed by atoms with Gasteiger partial charge in [0.2, 0.25) is 0 Å². The number of aromatic nitrogens is 1. The molecule has 2 N–H and O–H groups in total. The van der Waals surface area contributed by atoms with Crippen LogP contribution in [0.2, 0.25) is 0 Å². The first-order valence-corrected chi connectivity index (χ1v) is 5.19. The highest BCUT2D eigenvalue weighted by atomic mass is 16.5. The molecule has 92 valence electrons. The van der Waals surface area contributed by atoms with E-state index in [9.17, 15) is 9.59 Å². The number of hydrogen-bond acceptors (Lipinski definition) is 6. The summed E-state index contributed by atoms with van der Waals surface area (Å²) in [4.78, 5) is 27.0. The number of carbonyl (C=O) groups is 2. The minimum Gasteiger partial charge on any atom is -0.462 e. The molecule has 0 bridgehead atoms. The van der Waals surface area contributed by atoms with Crippen molar-refractivity contribution in [3.8, 4) is 0 Å². The molecule has 0 spiro atoms. The first kappa shape index (κ1) is 13.0. The highest BCUT2D eigenvalue weighted by Crippen LogP contribution is 2.13. The third-order valence-corrected chi connectivity index (χ3v) is 1.87. The average Bonchev–Trinajstić information content (AvgIpc) is 2.29. The van der Waals surface area contributed by atoms with Crippen LogP contribution in [0.3, 0.4) is 0 Å². The molecule has 0 saturated heterocycles. The molecule has 0 radical (unpaired) electrons. The van der Waals surface area contributed by atoms with Crippen molar-refractivity contribution in [3.63, 3.8) is 0 Å². The molecule has 6 heteroatoms. The molecule has 0 atom stereocenters. The minimum absolute atomic E-state index is 0.0188. The fraction of sp³-hybridized carbons (Fsp3) is 0.364. The highest BCUT2D eigenvalue weighted by Gasteiger charge is 2.21. The zero-order chi connectivity index (χ0) is 12.8. The maximum atomic E-state index is 11.6. The van der Waals surface area contributed by atoms with Crippen molar-refractivity contribution in [2.45, 2.75) is 13.8 Å². The normalized spacial score (nSPS) is 9.76. The Kier molecular flexibility index (Phi) is 4.45. The third-order valence-electron chi connectivity index (χ3n) is 1.87. The number of carbonyl (C=O) groups excluding carboxylic acids is 2. The van der Waals surface area contributed by atoms with E-state index in [2.05, 4.69) is 4.98 Å². The maximum absolute atomic E-state index is 11.6. The van der Waals surface area contributed by atoms with Gasteiger partial charge in [-0.25, -0.2) is 14.6 Å². The Balaban J connectivity index is 3.11. The average molecular weight is 238 g/mol. The zero-order valence-corrected chi connectivity index (χ0v) is 9.73. The molecule has 0 saturated carbocycles. The maximum Gasteiger partial charge on any atom is 0.357 e. The molecular formula is C11H14N2O4. The molecule has 0 aliphatic rings. The summed E-state index contributed by atoms with van der Waals surface area (Å²) in [6, 6.07) is 1.34. The van der Waals surface area contributed by atoms with Gasteiger partial charge in [0.15, 0.2) is 5.69 Å². The van der Waals surface area contributed by atoms with E-state index in [4.69, 9.17) is 15.2 Å². The monoisotopic (exact) mass is 238 g/mol. The lowest BCUT2D eigenvalue weighted by Crippen LogP contribution is -2.16. The van der Waals surface area contributed by atoms with Crippen LogP contribution in [0.15, 0.2) is 12.3 Å². The van der Waals surface area contributed by atoms with E-state index in [0.717, 1.165) is 0 Å². The number of ether oxygens (including phenoxy) is 2. The number of anilines is 1. The van der Waals surface area contributed by atoms with E-state index in [1.54, 1.807) is 13.8 Å². The molecule has 0 aliphatic carbocycles. The summed E-state index contributed by atoms with van der Waals surface area (Å²) < 4.78 is 9.60. The lowest BCUT2D eigenvalue weighted by atomic mass is 10.2. The Hall–Kier alpha value is -2.11. The summed E-state index contributed by atoms with van der Waals surface area (Å²) in [7, 11) is 0. The molecule has 0 fully saturated rings. The second kappa shape index (κ2) is 5.83. The smallest absolute Gasteiger partial charge is 0.357 e. The van der Waals surface area contributed by atoms with E-state index >= 15 is 0 Å². The number of nitrogens with two attached hydrogens (primary N) is 1. The molecule has 1 aromatic heterocycles. The largest absolute Gasteiger partial charge is 0.462 e. The van der Waals surface area contributed by atoms with Crippen molar-refractivity contribution in [2.75, 3.05) is 18.9 Å². The molecule has 17 heavy (non-hydrogen) atoms. The first-order chi connectivity index (χ1) is 8.10. The van der Waals surface area contributed by atoms with Gasteiger partial charge in [0.1, 0.15) is 0 Å². The van der Waals surface area contributed by atoms with Crippen molar-refractivity contribution >= 4 is 17.6 Å². The summed E-state index contributed by atoms with van der Waals surface area (Å²) in [5, 5.41) is 0. The molecule has 1 rings (SSSR count).